The Kier molecular flexibility index (Phi) is 9.90. The molecule has 1 aliphatic rings. The number of para-hydroxylation sites is 1. The standard InChI is InChI=1S/C31H39N3O6S/c1-22-18-34(23(2)21-35)31(36)17-25-16-26(32-41(4,37)38)12-15-29(25)40-30(22)20-33(3)19-24-10-13-28(14-11-24)39-27-8-6-5-7-9-27/h5-16,22-23,30,32,35H,17-21H2,1-4H3/t22-,23-,30+/m1/s1. The molecule has 0 bridgehead atoms. The lowest BCUT2D eigenvalue weighted by Gasteiger charge is -2.34. The third-order valence-electron chi connectivity index (χ3n) is 7.07. The first-order chi connectivity index (χ1) is 19.5. The zero-order valence-electron chi connectivity index (χ0n) is 24.0. The molecule has 220 valence electrons. The number of carbonyl (C=O) groups excluding carboxylic acids is 1. The summed E-state index contributed by atoms with van der Waals surface area (Å²) in [7, 11) is -1.46. The summed E-state index contributed by atoms with van der Waals surface area (Å²) in [6, 6.07) is 22.3. The number of ether oxygens (including phenoxy) is 2. The molecule has 1 heterocycles. The van der Waals surface area contributed by atoms with Crippen molar-refractivity contribution in [1.82, 2.24) is 9.80 Å². The van der Waals surface area contributed by atoms with Gasteiger partial charge in [0.25, 0.3) is 0 Å². The maximum atomic E-state index is 13.3. The Bertz CT molecular complexity index is 1420. The van der Waals surface area contributed by atoms with Gasteiger partial charge in [-0.15, -0.1) is 0 Å². The molecule has 4 rings (SSSR count). The molecule has 3 aromatic carbocycles. The van der Waals surface area contributed by atoms with Gasteiger partial charge in [0.05, 0.1) is 25.3 Å². The maximum absolute atomic E-state index is 13.3. The van der Waals surface area contributed by atoms with Gasteiger partial charge < -0.3 is 19.5 Å². The Morgan fingerprint density at radius 3 is 2.44 bits per heavy atom. The second-order valence-corrected chi connectivity index (χ2v) is 12.6. The van der Waals surface area contributed by atoms with Gasteiger partial charge >= 0.3 is 0 Å². The van der Waals surface area contributed by atoms with Crippen LogP contribution in [0, 0.1) is 5.92 Å². The van der Waals surface area contributed by atoms with E-state index in [-0.39, 0.29) is 37.0 Å². The van der Waals surface area contributed by atoms with E-state index in [4.69, 9.17) is 9.47 Å². The maximum Gasteiger partial charge on any atom is 0.229 e. The van der Waals surface area contributed by atoms with Crippen LogP contribution in [-0.2, 0) is 27.8 Å². The molecule has 1 amide bonds. The zero-order chi connectivity index (χ0) is 29.6. The highest BCUT2D eigenvalue weighted by Crippen LogP contribution is 2.30. The Hall–Kier alpha value is -3.60. The molecule has 0 spiro atoms. The van der Waals surface area contributed by atoms with Crippen molar-refractivity contribution in [3.63, 3.8) is 0 Å². The van der Waals surface area contributed by atoms with E-state index in [9.17, 15) is 18.3 Å². The number of likely N-dealkylation sites (N-methyl/N-ethyl adjacent to an activating group) is 1. The predicted molar refractivity (Wildman–Crippen MR) is 160 cm³/mol. The molecule has 3 atom stereocenters. The van der Waals surface area contributed by atoms with Gasteiger partial charge in [0.1, 0.15) is 23.4 Å². The fourth-order valence-corrected chi connectivity index (χ4v) is 5.45. The lowest BCUT2D eigenvalue weighted by atomic mass is 10.0. The van der Waals surface area contributed by atoms with Crippen LogP contribution >= 0.6 is 0 Å². The highest BCUT2D eigenvalue weighted by atomic mass is 32.2. The van der Waals surface area contributed by atoms with Crippen molar-refractivity contribution in [1.29, 1.82) is 0 Å². The third-order valence-corrected chi connectivity index (χ3v) is 7.67. The number of rotatable bonds is 10. The van der Waals surface area contributed by atoms with Crippen molar-refractivity contribution in [3.05, 3.63) is 83.9 Å². The van der Waals surface area contributed by atoms with Crippen LogP contribution in [0.25, 0.3) is 0 Å². The van der Waals surface area contributed by atoms with Crippen LogP contribution in [0.3, 0.4) is 0 Å². The molecule has 0 unspecified atom stereocenters. The molecular formula is C31H39N3O6S. The first-order valence-corrected chi connectivity index (χ1v) is 15.6. The van der Waals surface area contributed by atoms with Gasteiger partial charge in [-0.05, 0) is 62.0 Å². The topological polar surface area (TPSA) is 108 Å². The predicted octanol–water partition coefficient (Wildman–Crippen LogP) is 4.13. The van der Waals surface area contributed by atoms with Crippen molar-refractivity contribution in [2.24, 2.45) is 5.92 Å². The van der Waals surface area contributed by atoms with Gasteiger partial charge in [-0.3, -0.25) is 14.4 Å². The van der Waals surface area contributed by atoms with Crippen LogP contribution in [0.1, 0.15) is 25.0 Å². The Morgan fingerprint density at radius 1 is 1.10 bits per heavy atom. The Labute approximate surface area is 242 Å². The number of fused-ring (bicyclic) bond motifs is 1. The van der Waals surface area contributed by atoms with Gasteiger partial charge in [-0.1, -0.05) is 37.3 Å². The summed E-state index contributed by atoms with van der Waals surface area (Å²) in [5.74, 6) is 1.90. The van der Waals surface area contributed by atoms with Gasteiger partial charge in [-0.2, -0.15) is 0 Å². The quantitative estimate of drug-likeness (QED) is 0.371. The minimum Gasteiger partial charge on any atom is -0.488 e. The number of amides is 1. The van der Waals surface area contributed by atoms with Crippen LogP contribution in [0.5, 0.6) is 17.2 Å². The van der Waals surface area contributed by atoms with Gasteiger partial charge in [0.2, 0.25) is 15.9 Å². The van der Waals surface area contributed by atoms with E-state index in [0.717, 1.165) is 23.3 Å². The molecule has 10 heteroatoms. The fraction of sp³-hybridized carbons (Fsp3) is 0.387. The number of nitrogens with one attached hydrogen (secondary N) is 1. The molecule has 2 N–H and O–H groups in total. The first kappa shape index (κ1) is 30.4. The van der Waals surface area contributed by atoms with E-state index >= 15 is 0 Å². The molecule has 0 aromatic heterocycles. The molecule has 9 nitrogen and oxygen atoms in total. The number of aliphatic hydroxyl groups excluding tert-OH is 1. The fourth-order valence-electron chi connectivity index (χ4n) is 4.90. The number of benzene rings is 3. The molecule has 41 heavy (non-hydrogen) atoms. The summed E-state index contributed by atoms with van der Waals surface area (Å²) in [4.78, 5) is 17.2. The summed E-state index contributed by atoms with van der Waals surface area (Å²) < 4.78 is 38.5. The summed E-state index contributed by atoms with van der Waals surface area (Å²) in [5.41, 5.74) is 2.07. The number of sulfonamides is 1. The van der Waals surface area contributed by atoms with E-state index in [1.54, 1.807) is 23.1 Å². The lowest BCUT2D eigenvalue weighted by Crippen LogP contribution is -2.47. The molecule has 0 fully saturated rings. The van der Waals surface area contributed by atoms with Crippen LogP contribution in [0.4, 0.5) is 5.69 Å². The smallest absolute Gasteiger partial charge is 0.229 e. The summed E-state index contributed by atoms with van der Waals surface area (Å²) >= 11 is 0. The summed E-state index contributed by atoms with van der Waals surface area (Å²) in [6.07, 6.45) is 0.844. The molecular weight excluding hydrogens is 542 g/mol. The summed E-state index contributed by atoms with van der Waals surface area (Å²) in [5, 5.41) is 9.85. The number of carbonyl (C=O) groups is 1. The molecule has 1 aliphatic heterocycles. The minimum atomic E-state index is -3.49. The highest BCUT2D eigenvalue weighted by Gasteiger charge is 2.31. The number of hydrogen-bond donors (Lipinski definition) is 2. The van der Waals surface area contributed by atoms with Crippen LogP contribution < -0.4 is 14.2 Å². The van der Waals surface area contributed by atoms with Crippen molar-refractivity contribution in [3.8, 4) is 17.2 Å². The molecule has 0 saturated heterocycles. The van der Waals surface area contributed by atoms with Gasteiger partial charge in [0.15, 0.2) is 0 Å². The van der Waals surface area contributed by atoms with Crippen LogP contribution in [0.15, 0.2) is 72.8 Å². The average molecular weight is 582 g/mol. The van der Waals surface area contributed by atoms with Crippen molar-refractivity contribution >= 4 is 21.6 Å². The van der Waals surface area contributed by atoms with E-state index in [1.807, 2.05) is 75.5 Å². The molecule has 3 aromatic rings. The number of hydrogen-bond acceptors (Lipinski definition) is 7. The van der Waals surface area contributed by atoms with Crippen molar-refractivity contribution in [2.75, 3.05) is 37.7 Å². The number of nitrogens with zero attached hydrogens (tertiary/aromatic N) is 2. The van der Waals surface area contributed by atoms with E-state index in [2.05, 4.69) is 9.62 Å². The zero-order valence-corrected chi connectivity index (χ0v) is 24.8. The number of anilines is 1. The van der Waals surface area contributed by atoms with Crippen LogP contribution in [-0.4, -0.2) is 74.4 Å². The first-order valence-electron chi connectivity index (χ1n) is 13.7. The van der Waals surface area contributed by atoms with E-state index in [1.165, 1.54) is 0 Å². The molecule has 0 saturated carbocycles. The third kappa shape index (κ3) is 8.69. The SMILES string of the molecule is C[C@@H]1CN([C@H](C)CO)C(=O)Cc2cc(NS(C)(=O)=O)ccc2O[C@H]1CN(C)Cc1ccc(Oc2ccccc2)cc1. The largest absolute Gasteiger partial charge is 0.488 e. The average Bonchev–Trinajstić information content (AvgIpc) is 2.96. The van der Waals surface area contributed by atoms with Crippen molar-refractivity contribution in [2.45, 2.75) is 39.0 Å². The second kappa shape index (κ2) is 13.4. The second-order valence-electron chi connectivity index (χ2n) is 10.8. The van der Waals surface area contributed by atoms with Crippen LogP contribution in [0.2, 0.25) is 0 Å². The monoisotopic (exact) mass is 581 g/mol. The normalized spacial score (nSPS) is 18.5. The molecule has 0 radical (unpaired) electrons. The lowest BCUT2D eigenvalue weighted by molar-refractivity contribution is -0.134. The molecule has 0 aliphatic carbocycles. The minimum absolute atomic E-state index is 0.0334. The van der Waals surface area contributed by atoms with E-state index < -0.39 is 10.0 Å². The highest BCUT2D eigenvalue weighted by molar-refractivity contribution is 7.92. The van der Waals surface area contributed by atoms with Gasteiger partial charge in [-0.25, -0.2) is 8.42 Å². The van der Waals surface area contributed by atoms with E-state index in [0.29, 0.717) is 36.6 Å². The van der Waals surface area contributed by atoms with Gasteiger partial charge in [0, 0.05) is 36.8 Å². The van der Waals surface area contributed by atoms with Crippen molar-refractivity contribution < 1.29 is 27.8 Å². The Balaban J connectivity index is 1.52. The number of aliphatic hydroxyl groups is 1. The summed E-state index contributed by atoms with van der Waals surface area (Å²) in [6.45, 7) is 5.39. The Morgan fingerprint density at radius 2 is 1.78 bits per heavy atom.